The second-order valence-electron chi connectivity index (χ2n) is 25.7. The summed E-state index contributed by atoms with van der Waals surface area (Å²) in [6.07, 6.45) is 3.00. The number of nitrogens with two attached hydrogens (primary N) is 1. The average molecular weight is 1520 g/mol. The van der Waals surface area contributed by atoms with Crippen molar-refractivity contribution in [2.24, 2.45) is 5.73 Å². The molecule has 0 rings (SSSR count). The van der Waals surface area contributed by atoms with Crippen molar-refractivity contribution in [2.45, 2.75) is 165 Å². The van der Waals surface area contributed by atoms with Gasteiger partial charge in [-0.1, -0.05) is 49.0 Å². The van der Waals surface area contributed by atoms with Crippen molar-refractivity contribution >= 4 is 59.1 Å². The maximum Gasteiger partial charge on any atom is 0.242 e. The fraction of sp³-hybridized carbons (Fsp3) is 0.863. The lowest BCUT2D eigenvalue weighted by molar-refractivity contribution is -0.151. The Balaban J connectivity index is 0. The van der Waals surface area contributed by atoms with Crippen molar-refractivity contribution in [1.82, 2.24) is 49.4 Å². The minimum absolute atomic E-state index is 0. The Labute approximate surface area is 634 Å². The maximum absolute atomic E-state index is 15.1. The zero-order valence-electron chi connectivity index (χ0n) is 66.8. The summed E-state index contributed by atoms with van der Waals surface area (Å²) < 4.78 is 66.1. The van der Waals surface area contributed by atoms with Gasteiger partial charge in [-0.2, -0.15) is 0 Å². The molecule has 0 aliphatic rings. The lowest BCUT2D eigenvalue weighted by atomic mass is 10.1. The van der Waals surface area contributed by atoms with Crippen LogP contribution in [-0.2, 0) is 105 Å². The van der Waals surface area contributed by atoms with Crippen LogP contribution in [0.3, 0.4) is 0 Å². The lowest BCUT2D eigenvalue weighted by Gasteiger charge is -2.36. The third kappa shape index (κ3) is 45.2. The van der Waals surface area contributed by atoms with Crippen LogP contribution in [0.4, 0.5) is 0 Å². The van der Waals surface area contributed by atoms with Crippen molar-refractivity contribution in [1.29, 1.82) is 0 Å². The molecule has 6 unspecified atom stereocenters. The topological polar surface area (TPSA) is 349 Å². The molecule has 0 aliphatic carbocycles. The highest BCUT2D eigenvalue weighted by atomic mass is 16.6. The highest BCUT2D eigenvalue weighted by molar-refractivity contribution is 5.94. The van der Waals surface area contributed by atoms with Gasteiger partial charge in [-0.15, -0.1) is 0 Å². The van der Waals surface area contributed by atoms with Crippen LogP contribution in [0, 0.1) is 0 Å². The number of primary amides is 1. The third-order valence-corrected chi connectivity index (χ3v) is 17.9. The fourth-order valence-electron chi connectivity index (χ4n) is 9.95. The summed E-state index contributed by atoms with van der Waals surface area (Å²) in [5.74, 6) is -5.85. The van der Waals surface area contributed by atoms with Gasteiger partial charge in [0.15, 0.2) is 0 Å². The number of hydrogen-bond donors (Lipinski definition) is 2. The van der Waals surface area contributed by atoms with Gasteiger partial charge >= 0.3 is 0 Å². The van der Waals surface area contributed by atoms with E-state index in [1.165, 1.54) is 44.1 Å². The molecule has 33 heteroatoms. The van der Waals surface area contributed by atoms with Gasteiger partial charge in [-0.25, -0.2) is 0 Å². The monoisotopic (exact) mass is 1520 g/mol. The molecule has 0 aromatic rings. The molecule has 0 aliphatic heterocycles. The number of rotatable bonds is 68. The van der Waals surface area contributed by atoms with Crippen molar-refractivity contribution < 1.29 is 105 Å². The average Bonchev–Trinajstić information content (AvgIpc) is 0.850. The molecule has 0 radical (unpaired) electrons. The number of nitrogens with one attached hydrogen (secondary N) is 1. The molecule has 0 saturated carbocycles. The van der Waals surface area contributed by atoms with Crippen molar-refractivity contribution in [2.75, 3.05) is 252 Å². The highest BCUT2D eigenvalue weighted by Gasteiger charge is 2.35. The summed E-state index contributed by atoms with van der Waals surface area (Å²) in [4.78, 5) is 156. The standard InChI is InChI=1S/C72H137N11O22.CH4/c1-17-57(7)74-47-64(85)80(59(9)19-3)53-67(88)75(23-27-98-39-43-102-35-31-94-13)49-65(86)78(26-30-101-42-46-105-38-34-97-16)52-70(91)83(62(12)22-6)56-72(93)81(60(10)20-4)54-68(89)76(24-28-99-40-44-103-36-32-95-14)50-66(87)77(25-29-100-41-45-104-37-33-96-15)51-69(90)82(61(11)21-5)55-71(92)79(48-63(73)84)58(8)18-2;/h57-62,74H,17-56H2,1-16H3,(H2,73,84);1H4. The molecule has 0 heterocycles. The second kappa shape index (κ2) is 64.0. The first-order chi connectivity index (χ1) is 50.3. The van der Waals surface area contributed by atoms with Crippen molar-refractivity contribution in [3.8, 4) is 0 Å². The molecule has 0 saturated heterocycles. The Morgan fingerprint density at radius 1 is 0.274 bits per heavy atom. The molecule has 6 atom stereocenters. The van der Waals surface area contributed by atoms with E-state index >= 15 is 14.4 Å². The van der Waals surface area contributed by atoms with Crippen molar-refractivity contribution in [3.05, 3.63) is 0 Å². The normalized spacial score (nSPS) is 12.9. The van der Waals surface area contributed by atoms with E-state index in [1.807, 2.05) is 55.4 Å². The summed E-state index contributed by atoms with van der Waals surface area (Å²) in [5.41, 5.74) is 5.56. The van der Waals surface area contributed by atoms with Gasteiger partial charge in [-0.3, -0.25) is 47.9 Å². The number of carbonyl (C=O) groups excluding carboxylic acids is 10. The molecular weight excluding hydrogens is 1380 g/mol. The number of nitrogens with zero attached hydrogens (tertiary/aromatic N) is 9. The van der Waals surface area contributed by atoms with E-state index in [0.29, 0.717) is 85.0 Å². The van der Waals surface area contributed by atoms with Gasteiger partial charge in [0.25, 0.3) is 0 Å². The Kier molecular flexibility index (Phi) is 61.8. The zero-order chi connectivity index (χ0) is 78.9. The molecular formula is C73H141N11O22. The van der Waals surface area contributed by atoms with Crippen LogP contribution in [0.1, 0.15) is 129 Å². The molecule has 106 heavy (non-hydrogen) atoms. The number of hydrogen-bond acceptors (Lipinski definition) is 23. The van der Waals surface area contributed by atoms with Crippen LogP contribution in [0.5, 0.6) is 0 Å². The Bertz CT molecular complexity index is 2390. The Morgan fingerprint density at radius 3 is 0.708 bits per heavy atom. The number of amides is 10. The molecule has 3 N–H and O–H groups in total. The summed E-state index contributed by atoms with van der Waals surface area (Å²) in [6, 6.07) is -2.35. The van der Waals surface area contributed by atoms with Crippen LogP contribution in [0.25, 0.3) is 0 Å². The maximum atomic E-state index is 15.1. The van der Waals surface area contributed by atoms with Crippen LogP contribution >= 0.6 is 0 Å². The molecule has 0 spiro atoms. The molecule has 0 bridgehead atoms. The molecule has 0 fully saturated rings. The first-order valence-electron chi connectivity index (χ1n) is 37.5. The van der Waals surface area contributed by atoms with Gasteiger partial charge in [0.2, 0.25) is 59.1 Å². The Hall–Kier alpha value is -5.82. The van der Waals surface area contributed by atoms with E-state index in [1.54, 1.807) is 56.1 Å². The largest absolute Gasteiger partial charge is 0.382 e. The SMILES string of the molecule is C.CCC(C)NCC(=O)N(CC(=O)N(CCOCCOCCOC)CC(=O)N(CCOCCOCCOC)CC(=O)N(CC(=O)N(CC(=O)N(CCOCCOCCOC)CC(=O)N(CCOCCOCCOC)CC(=O)N(CC(=O)N(CC(N)=O)C(C)CC)C(C)CC)C(C)CC)C(C)CC)C(C)CC. The van der Waals surface area contributed by atoms with E-state index in [0.717, 1.165) is 6.42 Å². The Morgan fingerprint density at radius 2 is 0.472 bits per heavy atom. The third-order valence-electron chi connectivity index (χ3n) is 17.9. The summed E-state index contributed by atoms with van der Waals surface area (Å²) in [5, 5.41) is 3.21. The lowest BCUT2D eigenvalue weighted by Crippen LogP contribution is -2.56. The fourth-order valence-corrected chi connectivity index (χ4v) is 9.95. The predicted molar refractivity (Wildman–Crippen MR) is 401 cm³/mol. The first kappa shape index (κ1) is 102. The van der Waals surface area contributed by atoms with E-state index < -0.39 is 117 Å². The van der Waals surface area contributed by atoms with E-state index in [-0.39, 0.29) is 157 Å². The predicted octanol–water partition coefficient (Wildman–Crippen LogP) is 1.66. The van der Waals surface area contributed by atoms with Crippen molar-refractivity contribution in [3.63, 3.8) is 0 Å². The number of carbonyl (C=O) groups is 10. The van der Waals surface area contributed by atoms with Crippen LogP contribution in [0.15, 0.2) is 0 Å². The minimum atomic E-state index is -0.721. The highest BCUT2D eigenvalue weighted by Crippen LogP contribution is 2.15. The van der Waals surface area contributed by atoms with Crippen LogP contribution < -0.4 is 11.1 Å². The molecule has 10 amide bonds. The zero-order valence-corrected chi connectivity index (χ0v) is 66.8. The van der Waals surface area contributed by atoms with Gasteiger partial charge < -0.3 is 112 Å². The molecule has 33 nitrogen and oxygen atoms in total. The summed E-state index contributed by atoms with van der Waals surface area (Å²) in [6.45, 7) is 21.3. The smallest absolute Gasteiger partial charge is 0.242 e. The quantitative estimate of drug-likeness (QED) is 0.0818. The minimum Gasteiger partial charge on any atom is -0.382 e. The summed E-state index contributed by atoms with van der Waals surface area (Å²) in [7, 11) is 6.21. The molecule has 620 valence electrons. The number of ether oxygens (including phenoxy) is 12. The van der Waals surface area contributed by atoms with Gasteiger partial charge in [-0.05, 0) is 80.1 Å². The van der Waals surface area contributed by atoms with E-state index in [4.69, 9.17) is 62.6 Å². The van der Waals surface area contributed by atoms with Gasteiger partial charge in [0.1, 0.15) is 26.2 Å². The van der Waals surface area contributed by atoms with Gasteiger partial charge in [0, 0.05) is 90.9 Å². The molecule has 0 aromatic carbocycles. The number of methoxy groups -OCH3 is 4. The second-order valence-corrected chi connectivity index (χ2v) is 25.7. The van der Waals surface area contributed by atoms with Crippen LogP contribution in [0.2, 0.25) is 0 Å². The van der Waals surface area contributed by atoms with E-state index in [2.05, 4.69) is 5.32 Å². The molecule has 0 aromatic heterocycles. The van der Waals surface area contributed by atoms with E-state index in [9.17, 15) is 33.6 Å². The first-order valence-corrected chi connectivity index (χ1v) is 37.5. The van der Waals surface area contributed by atoms with Crippen LogP contribution in [-0.4, -0.2) is 392 Å². The van der Waals surface area contributed by atoms with Gasteiger partial charge in [0.05, 0.1) is 171 Å². The summed E-state index contributed by atoms with van der Waals surface area (Å²) >= 11 is 0.